The van der Waals surface area contributed by atoms with Crippen LogP contribution in [-0.4, -0.2) is 29.9 Å². The maximum absolute atomic E-state index is 10.7. The smallest absolute Gasteiger partial charge is 0.215 e. The van der Waals surface area contributed by atoms with Crippen LogP contribution in [0.1, 0.15) is 20.8 Å². The SMILES string of the molecule is CC.CC=C(SC)C1=NC=CCN1C=O. The van der Waals surface area contributed by atoms with Crippen LogP contribution in [-0.2, 0) is 4.79 Å². The van der Waals surface area contributed by atoms with E-state index < -0.39 is 0 Å². The lowest BCUT2D eigenvalue weighted by Gasteiger charge is -2.20. The second kappa shape index (κ2) is 8.29. The third-order valence-corrected chi connectivity index (χ3v) is 2.56. The molecule has 1 amide bonds. The third-order valence-electron chi connectivity index (χ3n) is 1.71. The van der Waals surface area contributed by atoms with E-state index in [-0.39, 0.29) is 0 Å². The summed E-state index contributed by atoms with van der Waals surface area (Å²) in [5.41, 5.74) is 0. The van der Waals surface area contributed by atoms with Gasteiger partial charge in [0.2, 0.25) is 6.41 Å². The van der Waals surface area contributed by atoms with Crippen LogP contribution in [0.15, 0.2) is 28.2 Å². The van der Waals surface area contributed by atoms with E-state index in [1.165, 1.54) is 0 Å². The zero-order chi connectivity index (χ0) is 11.7. The van der Waals surface area contributed by atoms with Crippen LogP contribution in [0.2, 0.25) is 0 Å². The van der Waals surface area contributed by atoms with E-state index in [4.69, 9.17) is 0 Å². The standard InChI is InChI=1S/C9H12N2OS.C2H6/c1-3-8(13-2)9-10-5-4-6-11(9)7-12;1-2/h3-5,7H,6H2,1-2H3;1-2H3. The van der Waals surface area contributed by atoms with E-state index in [1.54, 1.807) is 22.9 Å². The summed E-state index contributed by atoms with van der Waals surface area (Å²) in [6, 6.07) is 0. The highest BCUT2D eigenvalue weighted by Crippen LogP contribution is 2.17. The molecular weight excluding hydrogens is 208 g/mol. The average Bonchev–Trinajstić information content (AvgIpc) is 2.34. The van der Waals surface area contributed by atoms with Gasteiger partial charge in [0.1, 0.15) is 5.84 Å². The van der Waals surface area contributed by atoms with Gasteiger partial charge < -0.3 is 0 Å². The minimum Gasteiger partial charge on any atom is -0.295 e. The van der Waals surface area contributed by atoms with Gasteiger partial charge in [0.15, 0.2) is 0 Å². The van der Waals surface area contributed by atoms with Gasteiger partial charge in [-0.1, -0.05) is 19.9 Å². The average molecular weight is 226 g/mol. The number of amides is 1. The van der Waals surface area contributed by atoms with Gasteiger partial charge in [-0.15, -0.1) is 11.8 Å². The molecule has 0 aromatic heterocycles. The van der Waals surface area contributed by atoms with Crippen molar-refractivity contribution in [3.05, 3.63) is 23.3 Å². The van der Waals surface area contributed by atoms with Gasteiger partial charge in [-0.25, -0.2) is 4.99 Å². The maximum Gasteiger partial charge on any atom is 0.215 e. The summed E-state index contributed by atoms with van der Waals surface area (Å²) < 4.78 is 0. The number of nitrogens with zero attached hydrogens (tertiary/aromatic N) is 2. The molecule has 1 heterocycles. The van der Waals surface area contributed by atoms with Crippen molar-refractivity contribution in [2.45, 2.75) is 20.8 Å². The Labute approximate surface area is 95.9 Å². The molecule has 0 saturated heterocycles. The highest BCUT2D eigenvalue weighted by molar-refractivity contribution is 8.03. The van der Waals surface area contributed by atoms with Gasteiger partial charge in [-0.2, -0.15) is 0 Å². The molecule has 0 unspecified atom stereocenters. The topological polar surface area (TPSA) is 32.7 Å². The van der Waals surface area contributed by atoms with Gasteiger partial charge >= 0.3 is 0 Å². The summed E-state index contributed by atoms with van der Waals surface area (Å²) in [5, 5.41) is 0. The van der Waals surface area contributed by atoms with Crippen molar-refractivity contribution in [3.63, 3.8) is 0 Å². The first-order chi connectivity index (χ1) is 7.33. The van der Waals surface area contributed by atoms with Gasteiger partial charge in [-0.05, 0) is 19.3 Å². The van der Waals surface area contributed by atoms with Crippen molar-refractivity contribution in [2.24, 2.45) is 4.99 Å². The van der Waals surface area contributed by atoms with Crippen molar-refractivity contribution >= 4 is 24.0 Å². The lowest BCUT2D eigenvalue weighted by atomic mass is 10.3. The van der Waals surface area contributed by atoms with Crippen molar-refractivity contribution in [2.75, 3.05) is 12.8 Å². The molecule has 1 aliphatic heterocycles. The number of allylic oxidation sites excluding steroid dienone is 1. The molecule has 15 heavy (non-hydrogen) atoms. The van der Waals surface area contributed by atoms with Crippen LogP contribution in [0.3, 0.4) is 0 Å². The van der Waals surface area contributed by atoms with Crippen molar-refractivity contribution < 1.29 is 4.79 Å². The molecule has 0 spiro atoms. The Kier molecular flexibility index (Phi) is 7.72. The fourth-order valence-electron chi connectivity index (χ4n) is 1.08. The minimum atomic E-state index is 0.611. The summed E-state index contributed by atoms with van der Waals surface area (Å²) >= 11 is 1.59. The Hall–Kier alpha value is -1.03. The number of aliphatic imine (C=N–C) groups is 1. The summed E-state index contributed by atoms with van der Waals surface area (Å²) in [5.74, 6) is 0.743. The van der Waals surface area contributed by atoms with E-state index in [2.05, 4.69) is 4.99 Å². The van der Waals surface area contributed by atoms with Crippen LogP contribution < -0.4 is 0 Å². The number of amidine groups is 1. The number of hydrogen-bond acceptors (Lipinski definition) is 3. The Morgan fingerprint density at radius 1 is 1.60 bits per heavy atom. The molecule has 4 heteroatoms. The van der Waals surface area contributed by atoms with Crippen LogP contribution in [0.5, 0.6) is 0 Å². The molecule has 1 rings (SSSR count). The lowest BCUT2D eigenvalue weighted by Crippen LogP contribution is -2.32. The molecule has 3 nitrogen and oxygen atoms in total. The fraction of sp³-hybridized carbons (Fsp3) is 0.455. The van der Waals surface area contributed by atoms with E-state index in [0.717, 1.165) is 17.2 Å². The first-order valence-electron chi connectivity index (χ1n) is 4.99. The van der Waals surface area contributed by atoms with Gasteiger partial charge in [0.05, 0.1) is 0 Å². The number of rotatable bonds is 3. The zero-order valence-electron chi connectivity index (χ0n) is 9.73. The predicted molar refractivity (Wildman–Crippen MR) is 68.0 cm³/mol. The molecule has 0 bridgehead atoms. The molecular formula is C11H18N2OS. The van der Waals surface area contributed by atoms with Crippen molar-refractivity contribution in [3.8, 4) is 0 Å². The second-order valence-corrected chi connectivity index (χ2v) is 3.30. The number of thioether (sulfide) groups is 1. The summed E-state index contributed by atoms with van der Waals surface area (Å²) in [7, 11) is 0. The van der Waals surface area contributed by atoms with E-state index in [1.807, 2.05) is 39.2 Å². The summed E-state index contributed by atoms with van der Waals surface area (Å²) in [6.07, 6.45) is 8.32. The van der Waals surface area contributed by atoms with E-state index >= 15 is 0 Å². The number of carbonyl (C=O) groups excluding carboxylic acids is 1. The van der Waals surface area contributed by atoms with Crippen LogP contribution in [0, 0.1) is 0 Å². The molecule has 0 aromatic rings. The fourth-order valence-corrected chi connectivity index (χ4v) is 1.67. The highest BCUT2D eigenvalue weighted by Gasteiger charge is 2.14. The molecule has 84 valence electrons. The quantitative estimate of drug-likeness (QED) is 0.693. The highest BCUT2D eigenvalue weighted by atomic mass is 32.2. The Bertz CT molecular complexity index is 282. The Balaban J connectivity index is 0.000000921. The zero-order valence-corrected chi connectivity index (χ0v) is 10.5. The third kappa shape index (κ3) is 3.91. The molecule has 0 N–H and O–H groups in total. The predicted octanol–water partition coefficient (Wildman–Crippen LogP) is 2.66. The Morgan fingerprint density at radius 3 is 2.73 bits per heavy atom. The van der Waals surface area contributed by atoms with Crippen LogP contribution >= 0.6 is 11.8 Å². The number of hydrogen-bond donors (Lipinski definition) is 0. The minimum absolute atomic E-state index is 0.611. The molecule has 0 saturated carbocycles. The van der Waals surface area contributed by atoms with Crippen LogP contribution in [0.25, 0.3) is 0 Å². The monoisotopic (exact) mass is 226 g/mol. The van der Waals surface area contributed by atoms with Gasteiger partial charge in [-0.3, -0.25) is 9.69 Å². The molecule has 0 aliphatic carbocycles. The Morgan fingerprint density at radius 2 is 2.27 bits per heavy atom. The van der Waals surface area contributed by atoms with Crippen LogP contribution in [0.4, 0.5) is 0 Å². The summed E-state index contributed by atoms with van der Waals surface area (Å²) in [6.45, 7) is 6.55. The molecule has 0 radical (unpaired) electrons. The van der Waals surface area contributed by atoms with Gasteiger partial charge in [0.25, 0.3) is 0 Å². The molecule has 0 aromatic carbocycles. The second-order valence-electron chi connectivity index (χ2n) is 2.45. The molecule has 0 atom stereocenters. The first kappa shape index (κ1) is 14.0. The lowest BCUT2D eigenvalue weighted by molar-refractivity contribution is -0.114. The van der Waals surface area contributed by atoms with E-state index in [9.17, 15) is 4.79 Å². The van der Waals surface area contributed by atoms with Gasteiger partial charge in [0, 0.05) is 17.6 Å². The number of carbonyl (C=O) groups is 1. The molecule has 0 fully saturated rings. The summed E-state index contributed by atoms with van der Waals surface area (Å²) in [4.78, 5) is 17.5. The maximum atomic E-state index is 10.7. The normalized spacial score (nSPS) is 15.3. The van der Waals surface area contributed by atoms with Crippen molar-refractivity contribution in [1.29, 1.82) is 0 Å². The first-order valence-corrected chi connectivity index (χ1v) is 6.21. The molecule has 1 aliphatic rings. The van der Waals surface area contributed by atoms with E-state index in [0.29, 0.717) is 6.54 Å². The largest absolute Gasteiger partial charge is 0.295 e. The van der Waals surface area contributed by atoms with Crippen molar-refractivity contribution in [1.82, 2.24) is 4.90 Å².